The molecule has 18 heavy (non-hydrogen) atoms. The topological polar surface area (TPSA) is 80.7 Å². The number of carbonyl (C=O) groups is 1. The van der Waals surface area contributed by atoms with Gasteiger partial charge in [-0.2, -0.15) is 8.42 Å². The van der Waals surface area contributed by atoms with E-state index in [-0.39, 0.29) is 11.3 Å². The van der Waals surface area contributed by atoms with Crippen LogP contribution < -0.4 is 4.18 Å². The maximum Gasteiger partial charge on any atom is 0.488 e. The lowest BCUT2D eigenvalue weighted by molar-refractivity contribution is 0.0699. The average Bonchev–Trinajstić information content (AvgIpc) is 2.25. The number of rotatable bonds is 3. The monoisotopic (exact) mass is 270 g/mol. The molecule has 5 nitrogen and oxygen atoms in total. The molecule has 2 aromatic carbocycles. The molecule has 0 saturated carbocycles. The van der Waals surface area contributed by atoms with Gasteiger partial charge in [0.15, 0.2) is 0 Å². The largest absolute Gasteiger partial charge is 0.488 e. The number of benzene rings is 2. The van der Waals surface area contributed by atoms with Crippen molar-refractivity contribution in [2.45, 2.75) is 0 Å². The van der Waals surface area contributed by atoms with E-state index in [9.17, 15) is 17.1 Å². The second kappa shape index (κ2) is 4.26. The molecular weight excluding hydrogens is 263 g/mol. The molecule has 0 unspecified atom stereocenters. The van der Waals surface area contributed by atoms with E-state index in [0.717, 1.165) is 0 Å². The van der Waals surface area contributed by atoms with Crippen LogP contribution in [-0.4, -0.2) is 19.5 Å². The minimum absolute atomic E-state index is 0.0714. The Morgan fingerprint density at radius 2 is 1.94 bits per heavy atom. The SMILES string of the molecule is O=C(O)c1cccc2cc(OS(=O)(=O)F)ccc12. The highest BCUT2D eigenvalue weighted by Gasteiger charge is 2.12. The van der Waals surface area contributed by atoms with Crippen molar-refractivity contribution >= 4 is 27.2 Å². The lowest BCUT2D eigenvalue weighted by Crippen LogP contribution is -2.01. The first-order valence-electron chi connectivity index (χ1n) is 4.77. The molecule has 0 atom stereocenters. The zero-order valence-corrected chi connectivity index (χ0v) is 9.65. The Morgan fingerprint density at radius 1 is 1.22 bits per heavy atom. The summed E-state index contributed by atoms with van der Waals surface area (Å²) in [5.74, 6) is -1.32. The van der Waals surface area contributed by atoms with Crippen LogP contribution in [0.4, 0.5) is 3.89 Å². The van der Waals surface area contributed by atoms with Crippen molar-refractivity contribution in [3.05, 3.63) is 42.0 Å². The van der Waals surface area contributed by atoms with Crippen LogP contribution in [0.1, 0.15) is 10.4 Å². The van der Waals surface area contributed by atoms with E-state index in [2.05, 4.69) is 4.18 Å². The first-order valence-corrected chi connectivity index (χ1v) is 6.08. The Hall–Kier alpha value is -2.15. The van der Waals surface area contributed by atoms with Crippen LogP contribution in [0.2, 0.25) is 0 Å². The van der Waals surface area contributed by atoms with E-state index in [4.69, 9.17) is 5.11 Å². The van der Waals surface area contributed by atoms with Gasteiger partial charge >= 0.3 is 16.5 Å². The van der Waals surface area contributed by atoms with Gasteiger partial charge in [-0.1, -0.05) is 16.0 Å². The van der Waals surface area contributed by atoms with E-state index in [1.165, 1.54) is 30.3 Å². The van der Waals surface area contributed by atoms with Crippen molar-refractivity contribution in [2.24, 2.45) is 0 Å². The Morgan fingerprint density at radius 3 is 2.56 bits per heavy atom. The minimum atomic E-state index is -5.09. The second-order valence-electron chi connectivity index (χ2n) is 3.47. The van der Waals surface area contributed by atoms with Gasteiger partial charge in [0.05, 0.1) is 5.56 Å². The molecule has 0 radical (unpaired) electrons. The van der Waals surface area contributed by atoms with Crippen molar-refractivity contribution in [2.75, 3.05) is 0 Å². The van der Waals surface area contributed by atoms with Gasteiger partial charge < -0.3 is 9.29 Å². The summed E-state index contributed by atoms with van der Waals surface area (Å²) in [6.45, 7) is 0. The van der Waals surface area contributed by atoms with Crippen molar-refractivity contribution in [1.29, 1.82) is 0 Å². The Labute approximate surface area is 102 Å². The molecule has 7 heteroatoms. The highest BCUT2D eigenvalue weighted by molar-refractivity contribution is 7.81. The van der Waals surface area contributed by atoms with Gasteiger partial charge in [0.2, 0.25) is 0 Å². The van der Waals surface area contributed by atoms with Gasteiger partial charge in [-0.25, -0.2) is 4.79 Å². The zero-order valence-electron chi connectivity index (χ0n) is 8.83. The molecule has 2 aromatic rings. The number of fused-ring (bicyclic) bond motifs is 1. The molecule has 94 valence electrons. The standard InChI is InChI=1S/C11H7FO5S/c12-18(15,16)17-8-4-5-9-7(6-8)2-1-3-10(9)11(13)14/h1-6H,(H,13,14). The number of hydrogen-bond acceptors (Lipinski definition) is 4. The molecule has 1 N–H and O–H groups in total. The van der Waals surface area contributed by atoms with Crippen molar-refractivity contribution < 1.29 is 26.4 Å². The third-order valence-corrected chi connectivity index (χ3v) is 2.67. The molecule has 0 aromatic heterocycles. The number of aromatic carboxylic acids is 1. The molecule has 0 amide bonds. The zero-order chi connectivity index (χ0) is 13.3. The maximum atomic E-state index is 12.3. The molecule has 0 fully saturated rings. The Balaban J connectivity index is 2.57. The Bertz CT molecular complexity index is 723. The molecular formula is C11H7FO5S. The molecule has 0 bridgehead atoms. The van der Waals surface area contributed by atoms with Crippen LogP contribution in [0.5, 0.6) is 5.75 Å². The lowest BCUT2D eigenvalue weighted by atomic mass is 10.0. The quantitative estimate of drug-likeness (QED) is 0.864. The average molecular weight is 270 g/mol. The number of carboxylic acids is 1. The van der Waals surface area contributed by atoms with Gasteiger partial charge in [0.25, 0.3) is 0 Å². The third-order valence-electron chi connectivity index (χ3n) is 2.28. The van der Waals surface area contributed by atoms with Crippen LogP contribution in [0.25, 0.3) is 10.8 Å². The van der Waals surface area contributed by atoms with E-state index < -0.39 is 16.5 Å². The predicted octanol–water partition coefficient (Wildman–Crippen LogP) is 2.13. The fourth-order valence-corrected chi connectivity index (χ4v) is 1.95. The van der Waals surface area contributed by atoms with Crippen LogP contribution >= 0.6 is 0 Å². The maximum absolute atomic E-state index is 12.3. The summed E-state index contributed by atoms with van der Waals surface area (Å²) in [5, 5.41) is 9.80. The summed E-state index contributed by atoms with van der Waals surface area (Å²) in [6, 6.07) is 8.28. The number of carboxylic acid groups (broad SMARTS) is 1. The molecule has 0 spiro atoms. The smallest absolute Gasteiger partial charge is 0.478 e. The fraction of sp³-hybridized carbons (Fsp3) is 0. The molecule has 0 saturated heterocycles. The molecule has 0 heterocycles. The summed E-state index contributed by atoms with van der Waals surface area (Å²) in [4.78, 5) is 10.9. The van der Waals surface area contributed by atoms with Crippen LogP contribution in [0, 0.1) is 0 Å². The van der Waals surface area contributed by atoms with E-state index in [1.54, 1.807) is 6.07 Å². The molecule has 2 rings (SSSR count). The summed E-state index contributed by atoms with van der Waals surface area (Å²) >= 11 is 0. The molecule has 0 aliphatic carbocycles. The van der Waals surface area contributed by atoms with Gasteiger partial charge in [-0.05, 0) is 35.0 Å². The normalized spacial score (nSPS) is 11.4. The summed E-state index contributed by atoms with van der Waals surface area (Å²) in [7, 11) is -5.09. The summed E-state index contributed by atoms with van der Waals surface area (Å²) in [5.41, 5.74) is 0.0714. The highest BCUT2D eigenvalue weighted by atomic mass is 32.3. The van der Waals surface area contributed by atoms with Crippen LogP contribution in [-0.2, 0) is 10.5 Å². The van der Waals surface area contributed by atoms with Crippen molar-refractivity contribution in [3.8, 4) is 5.75 Å². The first kappa shape index (κ1) is 12.3. The van der Waals surface area contributed by atoms with Crippen LogP contribution in [0.3, 0.4) is 0 Å². The van der Waals surface area contributed by atoms with Crippen molar-refractivity contribution in [3.63, 3.8) is 0 Å². The van der Waals surface area contributed by atoms with Crippen LogP contribution in [0.15, 0.2) is 36.4 Å². The Kier molecular flexibility index (Phi) is 2.92. The lowest BCUT2D eigenvalue weighted by Gasteiger charge is -2.04. The molecule has 0 aliphatic heterocycles. The molecule has 0 aliphatic rings. The van der Waals surface area contributed by atoms with Gasteiger partial charge in [-0.3, -0.25) is 0 Å². The summed E-state index contributed by atoms with van der Waals surface area (Å²) in [6.07, 6.45) is 0. The van der Waals surface area contributed by atoms with E-state index >= 15 is 0 Å². The van der Waals surface area contributed by atoms with Gasteiger partial charge in [0, 0.05) is 0 Å². The van der Waals surface area contributed by atoms with Crippen molar-refractivity contribution in [1.82, 2.24) is 0 Å². The predicted molar refractivity (Wildman–Crippen MR) is 61.6 cm³/mol. The summed E-state index contributed by atoms with van der Waals surface area (Å²) < 4.78 is 37.1. The van der Waals surface area contributed by atoms with E-state index in [0.29, 0.717) is 10.8 Å². The minimum Gasteiger partial charge on any atom is -0.478 e. The number of halogens is 1. The number of hydrogen-bond donors (Lipinski definition) is 1. The second-order valence-corrected chi connectivity index (χ2v) is 4.42. The van der Waals surface area contributed by atoms with Gasteiger partial charge in [0.1, 0.15) is 5.75 Å². The van der Waals surface area contributed by atoms with Gasteiger partial charge in [-0.15, -0.1) is 0 Å². The van der Waals surface area contributed by atoms with E-state index in [1.807, 2.05) is 0 Å². The highest BCUT2D eigenvalue weighted by Crippen LogP contribution is 2.25. The first-order chi connectivity index (χ1) is 8.37. The fourth-order valence-electron chi connectivity index (χ4n) is 1.62. The third kappa shape index (κ3) is 2.57.